The lowest BCUT2D eigenvalue weighted by Gasteiger charge is -2.33. The first-order chi connectivity index (χ1) is 10.6. The van der Waals surface area contributed by atoms with E-state index in [1.165, 1.54) is 42.1 Å². The van der Waals surface area contributed by atoms with E-state index in [0.717, 1.165) is 12.0 Å². The van der Waals surface area contributed by atoms with Gasteiger partial charge in [0.05, 0.1) is 0 Å². The maximum atomic E-state index is 10.7. The third-order valence-corrected chi connectivity index (χ3v) is 4.62. The van der Waals surface area contributed by atoms with Gasteiger partial charge in [0.2, 0.25) is 0 Å². The lowest BCUT2D eigenvalue weighted by molar-refractivity contribution is -0.131. The molecule has 23 heavy (non-hydrogen) atoms. The monoisotopic (exact) mass is 316 g/mol. The second-order valence-corrected chi connectivity index (χ2v) is 7.69. The summed E-state index contributed by atoms with van der Waals surface area (Å²) in [4.78, 5) is 10.7. The summed E-state index contributed by atoms with van der Waals surface area (Å²) < 4.78 is 0. The van der Waals surface area contributed by atoms with Crippen LogP contribution in [-0.2, 0) is 4.79 Å². The minimum absolute atomic E-state index is 0.269. The molecule has 0 saturated heterocycles. The Hall–Kier alpha value is -1.57. The van der Waals surface area contributed by atoms with Crippen LogP contribution < -0.4 is 0 Å². The molecule has 1 unspecified atom stereocenters. The van der Waals surface area contributed by atoms with Gasteiger partial charge < -0.3 is 5.11 Å². The predicted octanol–water partition coefficient (Wildman–Crippen LogP) is 6.07. The zero-order valence-electron chi connectivity index (χ0n) is 15.6. The van der Waals surface area contributed by atoms with Crippen LogP contribution in [-0.4, -0.2) is 11.1 Å². The van der Waals surface area contributed by atoms with Gasteiger partial charge in [0.15, 0.2) is 0 Å². The number of carboxylic acid groups (broad SMARTS) is 1. The Kier molecular flexibility index (Phi) is 7.05. The van der Waals surface area contributed by atoms with Gasteiger partial charge in [-0.15, -0.1) is 0 Å². The van der Waals surface area contributed by atoms with Gasteiger partial charge in [-0.05, 0) is 63.4 Å². The topological polar surface area (TPSA) is 37.3 Å². The van der Waals surface area contributed by atoms with E-state index >= 15 is 0 Å². The maximum absolute atomic E-state index is 10.7. The molecule has 128 valence electrons. The van der Waals surface area contributed by atoms with Gasteiger partial charge in [-0.25, -0.2) is 4.79 Å². The maximum Gasteiger partial charge on any atom is 0.328 e. The first-order valence-corrected chi connectivity index (χ1v) is 8.58. The van der Waals surface area contributed by atoms with Crippen LogP contribution in [0.25, 0.3) is 0 Å². The fraction of sp³-hybridized carbons (Fsp3) is 0.571. The van der Waals surface area contributed by atoms with Crippen LogP contribution in [0.1, 0.15) is 67.2 Å². The minimum Gasteiger partial charge on any atom is -0.478 e. The van der Waals surface area contributed by atoms with Crippen LogP contribution >= 0.6 is 0 Å². The molecule has 0 radical (unpaired) electrons. The van der Waals surface area contributed by atoms with Crippen molar-refractivity contribution in [2.45, 2.75) is 67.2 Å². The van der Waals surface area contributed by atoms with Crippen LogP contribution in [0.3, 0.4) is 0 Å². The van der Waals surface area contributed by atoms with Crippen LogP contribution in [0.2, 0.25) is 0 Å². The van der Waals surface area contributed by atoms with Crippen molar-refractivity contribution in [3.63, 3.8) is 0 Å². The van der Waals surface area contributed by atoms with Crippen molar-refractivity contribution in [3.05, 3.63) is 46.6 Å². The third kappa shape index (κ3) is 6.60. The highest BCUT2D eigenvalue weighted by Gasteiger charge is 2.26. The SMILES string of the molecule is CC1=C(/C=C/C(C)=C/C(C)C/C(C)=C\C(=O)O)C(C)(C)CCC1. The lowest BCUT2D eigenvalue weighted by atomic mass is 9.72. The number of carboxylic acids is 1. The molecule has 0 aromatic heterocycles. The number of rotatable bonds is 6. The van der Waals surface area contributed by atoms with Crippen molar-refractivity contribution in [1.29, 1.82) is 0 Å². The van der Waals surface area contributed by atoms with Crippen LogP contribution in [0.15, 0.2) is 46.6 Å². The van der Waals surface area contributed by atoms with Crippen molar-refractivity contribution >= 4 is 5.97 Å². The van der Waals surface area contributed by atoms with E-state index in [2.05, 4.69) is 52.8 Å². The Morgan fingerprint density at radius 3 is 2.57 bits per heavy atom. The second-order valence-electron chi connectivity index (χ2n) is 7.69. The van der Waals surface area contributed by atoms with Gasteiger partial charge in [0, 0.05) is 6.08 Å². The van der Waals surface area contributed by atoms with Gasteiger partial charge in [0.1, 0.15) is 0 Å². The average molecular weight is 316 g/mol. The Labute approximate surface area is 141 Å². The molecule has 1 aliphatic rings. The summed E-state index contributed by atoms with van der Waals surface area (Å²) >= 11 is 0. The van der Waals surface area contributed by atoms with E-state index in [-0.39, 0.29) is 5.41 Å². The fourth-order valence-corrected chi connectivity index (χ4v) is 3.57. The molecular formula is C21H32O2. The number of hydrogen-bond donors (Lipinski definition) is 1. The Balaban J connectivity index is 2.78. The van der Waals surface area contributed by atoms with Gasteiger partial charge in [-0.2, -0.15) is 0 Å². The zero-order valence-corrected chi connectivity index (χ0v) is 15.6. The van der Waals surface area contributed by atoms with Crippen molar-refractivity contribution in [2.24, 2.45) is 11.3 Å². The third-order valence-electron chi connectivity index (χ3n) is 4.62. The molecule has 0 aliphatic heterocycles. The summed E-state index contributed by atoms with van der Waals surface area (Å²) in [5.41, 5.74) is 5.41. The van der Waals surface area contributed by atoms with Crippen LogP contribution in [0.5, 0.6) is 0 Å². The Morgan fingerprint density at radius 2 is 2.00 bits per heavy atom. The summed E-state index contributed by atoms with van der Waals surface area (Å²) in [7, 11) is 0. The highest BCUT2D eigenvalue weighted by Crippen LogP contribution is 2.40. The molecule has 0 saturated carbocycles. The van der Waals surface area contributed by atoms with E-state index in [4.69, 9.17) is 5.11 Å². The van der Waals surface area contributed by atoms with E-state index in [1.807, 2.05) is 6.92 Å². The lowest BCUT2D eigenvalue weighted by Crippen LogP contribution is -2.19. The first kappa shape index (κ1) is 19.5. The molecule has 0 spiro atoms. The van der Waals surface area contributed by atoms with Crippen LogP contribution in [0.4, 0.5) is 0 Å². The summed E-state index contributed by atoms with van der Waals surface area (Å²) in [6.07, 6.45) is 12.5. The molecule has 2 nitrogen and oxygen atoms in total. The zero-order chi connectivity index (χ0) is 17.6. The fourth-order valence-electron chi connectivity index (χ4n) is 3.57. The van der Waals surface area contributed by atoms with Crippen LogP contribution in [0, 0.1) is 11.3 Å². The molecule has 2 heteroatoms. The number of aliphatic carboxylic acids is 1. The molecular weight excluding hydrogens is 284 g/mol. The normalized spacial score (nSPS) is 21.0. The molecule has 1 aliphatic carbocycles. The summed E-state index contributed by atoms with van der Waals surface area (Å²) in [6, 6.07) is 0. The Morgan fingerprint density at radius 1 is 1.35 bits per heavy atom. The minimum atomic E-state index is -0.864. The van der Waals surface area contributed by atoms with E-state index < -0.39 is 5.97 Å². The average Bonchev–Trinajstić information content (AvgIpc) is 2.35. The quantitative estimate of drug-likeness (QED) is 0.477. The first-order valence-electron chi connectivity index (χ1n) is 8.58. The predicted molar refractivity (Wildman–Crippen MR) is 98.4 cm³/mol. The van der Waals surface area contributed by atoms with Crippen molar-refractivity contribution in [1.82, 2.24) is 0 Å². The van der Waals surface area contributed by atoms with Crippen molar-refractivity contribution in [3.8, 4) is 0 Å². The summed E-state index contributed by atoms with van der Waals surface area (Å²) in [5, 5.41) is 8.77. The summed E-state index contributed by atoms with van der Waals surface area (Å²) in [6.45, 7) is 13.0. The van der Waals surface area contributed by atoms with E-state index in [9.17, 15) is 4.79 Å². The number of allylic oxidation sites excluding steroid dienone is 7. The number of carbonyl (C=O) groups is 1. The van der Waals surface area contributed by atoms with Crippen molar-refractivity contribution in [2.75, 3.05) is 0 Å². The molecule has 0 aromatic carbocycles. The smallest absolute Gasteiger partial charge is 0.328 e. The van der Waals surface area contributed by atoms with Gasteiger partial charge in [0.25, 0.3) is 0 Å². The molecule has 0 heterocycles. The highest BCUT2D eigenvalue weighted by atomic mass is 16.4. The Bertz CT molecular complexity index is 556. The molecule has 0 bridgehead atoms. The second kappa shape index (κ2) is 8.33. The number of hydrogen-bond acceptors (Lipinski definition) is 1. The molecule has 0 aromatic rings. The highest BCUT2D eigenvalue weighted by molar-refractivity contribution is 5.80. The summed E-state index contributed by atoms with van der Waals surface area (Å²) in [5.74, 6) is -0.526. The molecule has 0 fully saturated rings. The molecule has 0 amide bonds. The van der Waals surface area contributed by atoms with Gasteiger partial charge in [-0.3, -0.25) is 0 Å². The largest absolute Gasteiger partial charge is 0.478 e. The van der Waals surface area contributed by atoms with Gasteiger partial charge >= 0.3 is 5.97 Å². The standard InChI is InChI=1S/C21H32O2/c1-15(12-16(2)13-17(3)14-20(22)23)9-10-19-18(4)8-7-11-21(19,5)6/h9-10,12,14,16H,7-8,11,13H2,1-6H3,(H,22,23)/b10-9+,15-12+,17-14-. The van der Waals surface area contributed by atoms with E-state index in [0.29, 0.717) is 5.92 Å². The van der Waals surface area contributed by atoms with Gasteiger partial charge in [-0.1, -0.05) is 55.7 Å². The van der Waals surface area contributed by atoms with E-state index in [1.54, 1.807) is 0 Å². The molecule has 1 rings (SSSR count). The molecule has 1 atom stereocenters. The molecule has 1 N–H and O–H groups in total. The van der Waals surface area contributed by atoms with Crippen molar-refractivity contribution < 1.29 is 9.90 Å².